The Hall–Kier alpha value is -1.85. The fraction of sp³-hybridized carbons (Fsp3) is 0.667. The van der Waals surface area contributed by atoms with Crippen molar-refractivity contribution in [1.29, 1.82) is 0 Å². The molecule has 0 unspecified atom stereocenters. The first-order valence-electron chi connectivity index (χ1n) is 7.52. The number of hydrogen-bond donors (Lipinski definition) is 1. The van der Waals surface area contributed by atoms with E-state index in [0.717, 1.165) is 5.69 Å². The second kappa shape index (κ2) is 6.28. The van der Waals surface area contributed by atoms with Gasteiger partial charge < -0.3 is 10.2 Å². The molecule has 2 amide bonds. The lowest BCUT2D eigenvalue weighted by atomic mass is 10.1. The summed E-state index contributed by atoms with van der Waals surface area (Å²) in [5.41, 5.74) is 1.35. The molecule has 116 valence electrons. The van der Waals surface area contributed by atoms with Crippen molar-refractivity contribution in [3.63, 3.8) is 0 Å². The van der Waals surface area contributed by atoms with Crippen LogP contribution < -0.4 is 5.32 Å². The van der Waals surface area contributed by atoms with Crippen LogP contribution in [0.4, 0.5) is 0 Å². The van der Waals surface area contributed by atoms with E-state index < -0.39 is 0 Å². The van der Waals surface area contributed by atoms with Crippen molar-refractivity contribution >= 4 is 11.8 Å². The van der Waals surface area contributed by atoms with Crippen LogP contribution in [-0.4, -0.2) is 39.1 Å². The quantitative estimate of drug-likeness (QED) is 0.912. The highest BCUT2D eigenvalue weighted by atomic mass is 16.2. The third-order valence-electron chi connectivity index (χ3n) is 3.39. The molecule has 0 spiro atoms. The van der Waals surface area contributed by atoms with E-state index in [1.807, 2.05) is 37.3 Å². The van der Waals surface area contributed by atoms with Crippen LogP contribution in [0.2, 0.25) is 0 Å². The molecule has 0 aliphatic carbocycles. The Morgan fingerprint density at radius 2 is 2.00 bits per heavy atom. The van der Waals surface area contributed by atoms with Crippen molar-refractivity contribution in [3.8, 4) is 0 Å². The second-order valence-corrected chi connectivity index (χ2v) is 6.29. The zero-order chi connectivity index (χ0) is 15.6. The first-order valence-corrected chi connectivity index (χ1v) is 7.52. The largest absolute Gasteiger partial charge is 0.348 e. The number of carbonyl (C=O) groups is 2. The summed E-state index contributed by atoms with van der Waals surface area (Å²) in [7, 11) is 0. The van der Waals surface area contributed by atoms with Crippen LogP contribution in [0.1, 0.15) is 50.3 Å². The van der Waals surface area contributed by atoms with Crippen molar-refractivity contribution in [2.24, 2.45) is 5.92 Å². The van der Waals surface area contributed by atoms with Crippen molar-refractivity contribution in [2.45, 2.75) is 53.2 Å². The van der Waals surface area contributed by atoms with Gasteiger partial charge in [0.1, 0.15) is 0 Å². The number of nitrogens with one attached hydrogen (secondary N) is 1. The summed E-state index contributed by atoms with van der Waals surface area (Å²) < 4.78 is 1.83. The summed E-state index contributed by atoms with van der Waals surface area (Å²) in [5, 5.41) is 7.16. The van der Waals surface area contributed by atoms with Gasteiger partial charge >= 0.3 is 0 Å². The zero-order valence-electron chi connectivity index (χ0n) is 13.2. The molecule has 1 N–H and O–H groups in total. The van der Waals surface area contributed by atoms with Gasteiger partial charge in [0.2, 0.25) is 5.91 Å². The lowest BCUT2D eigenvalue weighted by Crippen LogP contribution is -2.38. The average molecular weight is 292 g/mol. The summed E-state index contributed by atoms with van der Waals surface area (Å²) in [6, 6.07) is 1.87. The molecule has 2 rings (SSSR count). The van der Waals surface area contributed by atoms with Gasteiger partial charge in [-0.25, -0.2) is 0 Å². The number of nitrogens with zero attached hydrogens (tertiary/aromatic N) is 3. The van der Waals surface area contributed by atoms with Crippen LogP contribution in [0.15, 0.2) is 6.07 Å². The predicted molar refractivity (Wildman–Crippen MR) is 79.7 cm³/mol. The Bertz CT molecular complexity index is 534. The van der Waals surface area contributed by atoms with Crippen molar-refractivity contribution in [3.05, 3.63) is 17.5 Å². The highest BCUT2D eigenvalue weighted by molar-refractivity contribution is 5.92. The number of rotatable bonds is 4. The molecular formula is C15H24N4O2. The first kappa shape index (κ1) is 15.5. The van der Waals surface area contributed by atoms with Gasteiger partial charge in [-0.15, -0.1) is 0 Å². The molecule has 0 saturated carbocycles. The maximum Gasteiger partial charge on any atom is 0.271 e. The highest BCUT2D eigenvalue weighted by Crippen LogP contribution is 2.16. The fourth-order valence-corrected chi connectivity index (χ4v) is 2.40. The minimum absolute atomic E-state index is 0.0837. The molecule has 1 aliphatic rings. The second-order valence-electron chi connectivity index (χ2n) is 6.29. The minimum Gasteiger partial charge on any atom is -0.348 e. The Kier molecular flexibility index (Phi) is 4.65. The summed E-state index contributed by atoms with van der Waals surface area (Å²) in [6.45, 7) is 9.76. The molecule has 0 aromatic carbocycles. The van der Waals surface area contributed by atoms with E-state index in [0.29, 0.717) is 37.7 Å². The normalized spacial score (nSPS) is 14.5. The molecule has 2 heterocycles. The van der Waals surface area contributed by atoms with Crippen LogP contribution in [-0.2, 0) is 17.9 Å². The monoisotopic (exact) mass is 292 g/mol. The maximum atomic E-state index is 12.1. The van der Waals surface area contributed by atoms with E-state index in [9.17, 15) is 9.59 Å². The van der Waals surface area contributed by atoms with Gasteiger partial charge in [-0.1, -0.05) is 13.8 Å². The van der Waals surface area contributed by atoms with Crippen LogP contribution in [0.3, 0.4) is 0 Å². The lowest BCUT2D eigenvalue weighted by Gasteiger charge is -2.28. The maximum absolute atomic E-state index is 12.1. The van der Waals surface area contributed by atoms with Crippen molar-refractivity contribution in [2.75, 3.05) is 6.54 Å². The van der Waals surface area contributed by atoms with Crippen LogP contribution in [0, 0.1) is 5.92 Å². The first-order chi connectivity index (χ1) is 9.86. The zero-order valence-corrected chi connectivity index (χ0v) is 13.2. The number of fused-ring (bicyclic) bond motifs is 1. The Balaban J connectivity index is 2.06. The molecule has 1 aliphatic heterocycles. The summed E-state index contributed by atoms with van der Waals surface area (Å²) in [5.74, 6) is 0.370. The third kappa shape index (κ3) is 3.83. The van der Waals surface area contributed by atoms with E-state index in [-0.39, 0.29) is 17.9 Å². The minimum atomic E-state index is -0.160. The van der Waals surface area contributed by atoms with Crippen molar-refractivity contribution < 1.29 is 9.59 Å². The number of amides is 2. The van der Waals surface area contributed by atoms with E-state index >= 15 is 0 Å². The smallest absolute Gasteiger partial charge is 0.271 e. The van der Waals surface area contributed by atoms with Gasteiger partial charge in [0.05, 0.1) is 18.8 Å². The predicted octanol–water partition coefficient (Wildman–Crippen LogP) is 1.41. The molecule has 21 heavy (non-hydrogen) atoms. The molecule has 6 nitrogen and oxygen atoms in total. The molecule has 0 bridgehead atoms. The molecule has 0 atom stereocenters. The van der Waals surface area contributed by atoms with Crippen LogP contribution in [0.5, 0.6) is 0 Å². The third-order valence-corrected chi connectivity index (χ3v) is 3.39. The molecule has 0 saturated heterocycles. The topological polar surface area (TPSA) is 67.2 Å². The molecule has 1 aromatic heterocycles. The average Bonchev–Trinajstić information content (AvgIpc) is 2.79. The van der Waals surface area contributed by atoms with Gasteiger partial charge in [-0.05, 0) is 25.8 Å². The van der Waals surface area contributed by atoms with Crippen LogP contribution >= 0.6 is 0 Å². The van der Waals surface area contributed by atoms with Gasteiger partial charge in [0.15, 0.2) is 5.69 Å². The number of hydrogen-bond acceptors (Lipinski definition) is 3. The Morgan fingerprint density at radius 3 is 2.62 bits per heavy atom. The van der Waals surface area contributed by atoms with Crippen molar-refractivity contribution in [1.82, 2.24) is 20.0 Å². The molecule has 1 aromatic rings. The van der Waals surface area contributed by atoms with Crippen LogP contribution in [0.25, 0.3) is 0 Å². The SMILES string of the molecule is CC(C)CC(=O)N1CCn2nc(C(=O)NC(C)C)cc2C1. The Labute approximate surface area is 125 Å². The fourth-order valence-electron chi connectivity index (χ4n) is 2.40. The van der Waals surface area contributed by atoms with Gasteiger partial charge in [0, 0.05) is 19.0 Å². The highest BCUT2D eigenvalue weighted by Gasteiger charge is 2.24. The number of carbonyl (C=O) groups excluding carboxylic acids is 2. The van der Waals surface area contributed by atoms with Gasteiger partial charge in [-0.3, -0.25) is 14.3 Å². The molecular weight excluding hydrogens is 268 g/mol. The molecule has 0 radical (unpaired) electrons. The number of aromatic nitrogens is 2. The van der Waals surface area contributed by atoms with Gasteiger partial charge in [-0.2, -0.15) is 5.10 Å². The van der Waals surface area contributed by atoms with E-state index in [1.165, 1.54) is 0 Å². The molecule has 6 heteroatoms. The Morgan fingerprint density at radius 1 is 1.29 bits per heavy atom. The summed E-state index contributed by atoms with van der Waals surface area (Å²) in [4.78, 5) is 25.9. The summed E-state index contributed by atoms with van der Waals surface area (Å²) >= 11 is 0. The van der Waals surface area contributed by atoms with Gasteiger partial charge in [0.25, 0.3) is 5.91 Å². The van der Waals surface area contributed by atoms with E-state index in [2.05, 4.69) is 10.4 Å². The molecule has 0 fully saturated rings. The van der Waals surface area contributed by atoms with E-state index in [4.69, 9.17) is 0 Å². The standard InChI is InChI=1S/C15H24N4O2/c1-10(2)7-14(20)18-5-6-19-12(9-18)8-13(17-19)15(21)16-11(3)4/h8,10-11H,5-7,9H2,1-4H3,(H,16,21). The van der Waals surface area contributed by atoms with E-state index in [1.54, 1.807) is 6.07 Å². The lowest BCUT2D eigenvalue weighted by molar-refractivity contribution is -0.133. The summed E-state index contributed by atoms with van der Waals surface area (Å²) in [6.07, 6.45) is 0.564.